The minimum absolute atomic E-state index is 0.0854. The number of carbonyl (C=O) groups excluding carboxylic acids is 2. The van der Waals surface area contributed by atoms with Crippen LogP contribution in [0.3, 0.4) is 0 Å². The Morgan fingerprint density at radius 3 is 2.65 bits per heavy atom. The largest absolute Gasteiger partial charge is 0.462 e. The summed E-state index contributed by atoms with van der Waals surface area (Å²) in [6.07, 6.45) is 4.36. The van der Waals surface area contributed by atoms with Gasteiger partial charge < -0.3 is 9.47 Å². The third-order valence-corrected chi connectivity index (χ3v) is 5.07. The number of cyclic esters (lactones) is 1. The van der Waals surface area contributed by atoms with Crippen molar-refractivity contribution >= 4 is 12.1 Å². The van der Waals surface area contributed by atoms with E-state index in [0.29, 0.717) is 6.61 Å². The number of fused-ring (bicyclic) bond motifs is 2. The number of ether oxygens (including phenoxy) is 2. The first-order chi connectivity index (χ1) is 12.4. The molecule has 5 heteroatoms. The maximum absolute atomic E-state index is 12.9. The summed E-state index contributed by atoms with van der Waals surface area (Å²) in [5.74, 6) is -0.340. The highest BCUT2D eigenvalue weighted by molar-refractivity contribution is 5.93. The van der Waals surface area contributed by atoms with Crippen LogP contribution in [0.15, 0.2) is 53.6 Å². The van der Waals surface area contributed by atoms with Crippen molar-refractivity contribution in [3.05, 3.63) is 59.2 Å². The number of amides is 1. The molecule has 26 heavy (non-hydrogen) atoms. The van der Waals surface area contributed by atoms with Crippen molar-refractivity contribution in [1.82, 2.24) is 4.90 Å². The van der Waals surface area contributed by atoms with Crippen molar-refractivity contribution in [3.8, 4) is 0 Å². The zero-order chi connectivity index (χ0) is 18.5. The second kappa shape index (κ2) is 6.01. The molecule has 2 aliphatic heterocycles. The van der Waals surface area contributed by atoms with E-state index in [1.165, 1.54) is 0 Å². The Morgan fingerprint density at radius 1 is 1.23 bits per heavy atom. The van der Waals surface area contributed by atoms with Crippen LogP contribution in [0.5, 0.6) is 0 Å². The Morgan fingerprint density at radius 2 is 1.96 bits per heavy atom. The molecule has 1 saturated heterocycles. The molecular formula is C21H23NO4. The van der Waals surface area contributed by atoms with E-state index in [-0.39, 0.29) is 30.1 Å². The van der Waals surface area contributed by atoms with Crippen LogP contribution >= 0.6 is 0 Å². The highest BCUT2D eigenvalue weighted by atomic mass is 16.6. The van der Waals surface area contributed by atoms with Crippen LogP contribution in [0.4, 0.5) is 4.79 Å². The lowest BCUT2D eigenvalue weighted by molar-refractivity contribution is -0.143. The van der Waals surface area contributed by atoms with Crippen molar-refractivity contribution in [1.29, 1.82) is 0 Å². The first-order valence-electron chi connectivity index (χ1n) is 9.01. The molecule has 0 bridgehead atoms. The van der Waals surface area contributed by atoms with Crippen LogP contribution in [0.2, 0.25) is 0 Å². The number of rotatable bonds is 1. The number of benzene rings is 1. The molecule has 1 aromatic carbocycles. The van der Waals surface area contributed by atoms with Gasteiger partial charge >= 0.3 is 12.1 Å². The summed E-state index contributed by atoms with van der Waals surface area (Å²) < 4.78 is 10.9. The van der Waals surface area contributed by atoms with Gasteiger partial charge in [-0.05, 0) is 31.9 Å². The van der Waals surface area contributed by atoms with Gasteiger partial charge in [-0.1, -0.05) is 42.5 Å². The zero-order valence-corrected chi connectivity index (χ0v) is 15.3. The van der Waals surface area contributed by atoms with Gasteiger partial charge in [0.15, 0.2) is 0 Å². The minimum Gasteiger partial charge on any atom is -0.462 e. The molecule has 1 fully saturated rings. The maximum Gasteiger partial charge on any atom is 0.411 e. The van der Waals surface area contributed by atoms with Gasteiger partial charge in [0.1, 0.15) is 5.60 Å². The summed E-state index contributed by atoms with van der Waals surface area (Å²) >= 11 is 0. The normalized spacial score (nSPS) is 27.3. The molecule has 0 N–H and O–H groups in total. The van der Waals surface area contributed by atoms with Gasteiger partial charge in [0.2, 0.25) is 0 Å². The van der Waals surface area contributed by atoms with Crippen molar-refractivity contribution in [2.75, 3.05) is 6.61 Å². The molecule has 136 valence electrons. The molecule has 2 heterocycles. The van der Waals surface area contributed by atoms with Crippen molar-refractivity contribution in [2.24, 2.45) is 5.92 Å². The number of nitrogens with zero attached hydrogens (tertiary/aromatic N) is 1. The van der Waals surface area contributed by atoms with Crippen molar-refractivity contribution in [2.45, 2.75) is 44.9 Å². The Hall–Kier alpha value is -2.56. The first-order valence-corrected chi connectivity index (χ1v) is 9.01. The molecule has 1 aliphatic carbocycles. The second-order valence-electron chi connectivity index (χ2n) is 7.94. The molecule has 0 radical (unpaired) electrons. The molecule has 0 spiro atoms. The highest BCUT2D eigenvalue weighted by Crippen LogP contribution is 2.52. The first kappa shape index (κ1) is 16.9. The fraction of sp³-hybridized carbons (Fsp3) is 0.429. The van der Waals surface area contributed by atoms with E-state index < -0.39 is 5.60 Å². The lowest BCUT2D eigenvalue weighted by Gasteiger charge is -2.56. The van der Waals surface area contributed by atoms with Gasteiger partial charge in [-0.2, -0.15) is 0 Å². The van der Waals surface area contributed by atoms with E-state index in [1.807, 2.05) is 63.3 Å². The molecule has 1 aromatic rings. The molecule has 1 amide bonds. The number of esters is 1. The number of carbonyl (C=O) groups is 2. The van der Waals surface area contributed by atoms with Crippen molar-refractivity contribution in [3.63, 3.8) is 0 Å². The molecule has 0 unspecified atom stereocenters. The van der Waals surface area contributed by atoms with Gasteiger partial charge in [0, 0.05) is 17.9 Å². The highest BCUT2D eigenvalue weighted by Gasteiger charge is 2.56. The van der Waals surface area contributed by atoms with Crippen LogP contribution in [-0.2, 0) is 14.3 Å². The second-order valence-corrected chi connectivity index (χ2v) is 7.94. The smallest absolute Gasteiger partial charge is 0.411 e. The average molecular weight is 353 g/mol. The molecule has 0 saturated carbocycles. The summed E-state index contributed by atoms with van der Waals surface area (Å²) in [5.41, 5.74) is 2.18. The maximum atomic E-state index is 12.9. The monoisotopic (exact) mass is 353 g/mol. The summed E-state index contributed by atoms with van der Waals surface area (Å²) in [6, 6.07) is 9.41. The Kier molecular flexibility index (Phi) is 3.90. The SMILES string of the molecule is CC(C)(C)OC(=O)N1[C@@H]2C=CC3=C(C(=O)OCC3)[C@@H]2[C@@H]1c1ccccc1. The van der Waals surface area contributed by atoms with E-state index in [4.69, 9.17) is 9.47 Å². The predicted octanol–water partition coefficient (Wildman–Crippen LogP) is 3.78. The molecule has 5 nitrogen and oxygen atoms in total. The fourth-order valence-corrected chi connectivity index (χ4v) is 4.06. The van der Waals surface area contributed by atoms with Gasteiger partial charge in [-0.3, -0.25) is 4.90 Å². The third kappa shape index (κ3) is 2.71. The Balaban J connectivity index is 1.73. The summed E-state index contributed by atoms with van der Waals surface area (Å²) in [4.78, 5) is 27.1. The summed E-state index contributed by atoms with van der Waals surface area (Å²) in [6.45, 7) is 5.99. The molecule has 3 aliphatic rings. The van der Waals surface area contributed by atoms with Gasteiger partial charge in [-0.25, -0.2) is 9.59 Å². The topological polar surface area (TPSA) is 55.8 Å². The predicted molar refractivity (Wildman–Crippen MR) is 96.3 cm³/mol. The van der Waals surface area contributed by atoms with Crippen molar-refractivity contribution < 1.29 is 19.1 Å². The molecular weight excluding hydrogens is 330 g/mol. The number of hydrogen-bond acceptors (Lipinski definition) is 4. The standard InChI is InChI=1S/C21H23NO4/c1-21(2,3)26-20(24)22-15-10-9-13-11-12-25-19(23)16(13)17(15)18(22)14-7-5-4-6-8-14/h4-10,15,17-18H,11-12H2,1-3H3/t15-,17-,18+/m1/s1. The zero-order valence-electron chi connectivity index (χ0n) is 15.3. The summed E-state index contributed by atoms with van der Waals surface area (Å²) in [5, 5.41) is 0. The van der Waals surface area contributed by atoms with Crippen LogP contribution in [0.1, 0.15) is 38.8 Å². The van der Waals surface area contributed by atoms with E-state index in [9.17, 15) is 9.59 Å². The lowest BCUT2D eigenvalue weighted by atomic mass is 9.67. The van der Waals surface area contributed by atoms with Crippen LogP contribution in [0, 0.1) is 5.92 Å². The minimum atomic E-state index is -0.573. The Labute approximate surface area is 153 Å². The molecule has 4 rings (SSSR count). The quantitative estimate of drug-likeness (QED) is 0.721. The van der Waals surface area contributed by atoms with Gasteiger partial charge in [-0.15, -0.1) is 0 Å². The number of allylic oxidation sites excluding steroid dienone is 1. The molecule has 0 aromatic heterocycles. The van der Waals surface area contributed by atoms with E-state index in [1.54, 1.807) is 4.90 Å². The van der Waals surface area contributed by atoms with Crippen LogP contribution in [-0.4, -0.2) is 35.2 Å². The number of hydrogen-bond donors (Lipinski definition) is 0. The van der Waals surface area contributed by atoms with E-state index in [2.05, 4.69) is 0 Å². The van der Waals surface area contributed by atoms with Crippen LogP contribution < -0.4 is 0 Å². The number of likely N-dealkylation sites (tertiary alicyclic amines) is 1. The van der Waals surface area contributed by atoms with Gasteiger partial charge in [0.05, 0.1) is 18.7 Å². The third-order valence-electron chi connectivity index (χ3n) is 5.07. The fourth-order valence-electron chi connectivity index (χ4n) is 4.06. The molecule has 3 atom stereocenters. The van der Waals surface area contributed by atoms with E-state index >= 15 is 0 Å². The van der Waals surface area contributed by atoms with Gasteiger partial charge in [0.25, 0.3) is 0 Å². The average Bonchev–Trinajstić information content (AvgIpc) is 2.55. The van der Waals surface area contributed by atoms with E-state index in [0.717, 1.165) is 23.1 Å². The lowest BCUT2D eigenvalue weighted by Crippen LogP contribution is -2.62. The summed E-state index contributed by atoms with van der Waals surface area (Å²) in [7, 11) is 0. The van der Waals surface area contributed by atoms with Crippen LogP contribution in [0.25, 0.3) is 0 Å². The Bertz CT molecular complexity index is 803.